The summed E-state index contributed by atoms with van der Waals surface area (Å²) in [6.45, 7) is 1.74. The Kier molecular flexibility index (Phi) is 7.08. The Bertz CT molecular complexity index is 1030. The van der Waals surface area contributed by atoms with Crippen molar-refractivity contribution in [1.29, 1.82) is 0 Å². The second kappa shape index (κ2) is 9.77. The number of ether oxygens (including phenoxy) is 1. The van der Waals surface area contributed by atoms with Crippen LogP contribution in [0, 0.1) is 10.1 Å². The van der Waals surface area contributed by atoms with Crippen LogP contribution in [-0.2, 0) is 16.0 Å². The fourth-order valence-corrected chi connectivity index (χ4v) is 3.92. The van der Waals surface area contributed by atoms with Gasteiger partial charge in [-0.1, -0.05) is 30.3 Å². The first-order chi connectivity index (χ1) is 15.2. The summed E-state index contributed by atoms with van der Waals surface area (Å²) in [5.41, 5.74) is 3.37. The van der Waals surface area contributed by atoms with E-state index in [0.29, 0.717) is 10.7 Å². The van der Waals surface area contributed by atoms with Crippen molar-refractivity contribution >= 4 is 34.7 Å². The fourth-order valence-electron chi connectivity index (χ4n) is 3.07. The van der Waals surface area contributed by atoms with Crippen LogP contribution in [0.2, 0.25) is 0 Å². The molecule has 0 aromatic heterocycles. The lowest BCUT2D eigenvalue weighted by atomic mass is 10.1. The summed E-state index contributed by atoms with van der Waals surface area (Å²) in [5, 5.41) is 26.8. The van der Waals surface area contributed by atoms with Gasteiger partial charge in [-0.05, 0) is 51.3 Å². The SMILES string of the molecule is CCOC(=O)[N+]1(C)N=C(Sc2ccccc2)NN1C(Cc1ccc([N+](=O)[O-])cc1)C(=O)O. The first-order valence-corrected chi connectivity index (χ1v) is 10.5. The predicted molar refractivity (Wildman–Crippen MR) is 116 cm³/mol. The maximum Gasteiger partial charge on any atom is 0.565 e. The van der Waals surface area contributed by atoms with Gasteiger partial charge in [-0.25, -0.2) is 5.43 Å². The van der Waals surface area contributed by atoms with Crippen LogP contribution in [0.4, 0.5) is 10.5 Å². The lowest BCUT2D eigenvalue weighted by Crippen LogP contribution is -2.64. The van der Waals surface area contributed by atoms with Crippen molar-refractivity contribution in [2.75, 3.05) is 13.7 Å². The van der Waals surface area contributed by atoms with Gasteiger partial charge in [0.2, 0.25) is 5.17 Å². The average molecular weight is 460 g/mol. The van der Waals surface area contributed by atoms with Crippen molar-refractivity contribution in [3.8, 4) is 0 Å². The van der Waals surface area contributed by atoms with Crippen LogP contribution in [0.15, 0.2) is 64.6 Å². The maximum atomic E-state index is 12.8. The first-order valence-electron chi connectivity index (χ1n) is 9.64. The van der Waals surface area contributed by atoms with Crippen molar-refractivity contribution in [1.82, 2.24) is 10.5 Å². The molecule has 2 aromatic carbocycles. The zero-order chi connectivity index (χ0) is 23.3. The van der Waals surface area contributed by atoms with Gasteiger partial charge in [0.05, 0.1) is 11.5 Å². The Morgan fingerprint density at radius 3 is 2.47 bits per heavy atom. The number of hydrazine groups is 1. The highest BCUT2D eigenvalue weighted by molar-refractivity contribution is 8.13. The number of carboxylic acid groups (broad SMARTS) is 1. The molecule has 2 N–H and O–H groups in total. The smallest absolute Gasteiger partial charge is 0.480 e. The van der Waals surface area contributed by atoms with Crippen LogP contribution in [0.5, 0.6) is 0 Å². The van der Waals surface area contributed by atoms with Crippen molar-refractivity contribution < 1.29 is 29.1 Å². The van der Waals surface area contributed by atoms with Gasteiger partial charge in [-0.2, -0.15) is 4.79 Å². The molecule has 12 heteroatoms. The number of amides is 1. The maximum absolute atomic E-state index is 12.8. The number of nitrogens with zero attached hydrogens (tertiary/aromatic N) is 4. The number of hydrogen-bond donors (Lipinski definition) is 2. The second-order valence-electron chi connectivity index (χ2n) is 6.87. The van der Waals surface area contributed by atoms with Gasteiger partial charge in [0, 0.05) is 23.4 Å². The van der Waals surface area contributed by atoms with Crippen LogP contribution in [-0.4, -0.2) is 56.8 Å². The number of rotatable bonds is 7. The molecule has 11 nitrogen and oxygen atoms in total. The van der Waals surface area contributed by atoms with Crippen molar-refractivity contribution in [3.05, 3.63) is 70.3 Å². The molecule has 1 amide bonds. The highest BCUT2D eigenvalue weighted by Crippen LogP contribution is 2.28. The summed E-state index contributed by atoms with van der Waals surface area (Å²) in [7, 11) is 1.43. The molecule has 1 heterocycles. The van der Waals surface area contributed by atoms with E-state index in [9.17, 15) is 24.8 Å². The van der Waals surface area contributed by atoms with Gasteiger partial charge < -0.3 is 9.84 Å². The van der Waals surface area contributed by atoms with E-state index >= 15 is 0 Å². The Labute approximate surface area is 187 Å². The van der Waals surface area contributed by atoms with Crippen LogP contribution >= 0.6 is 11.8 Å². The normalized spacial score (nSPS) is 19.0. The molecule has 1 aliphatic heterocycles. The number of carbonyl (C=O) groups excluding carboxylic acids is 1. The predicted octanol–water partition coefficient (Wildman–Crippen LogP) is 2.99. The molecule has 3 rings (SSSR count). The highest BCUT2D eigenvalue weighted by Gasteiger charge is 2.54. The summed E-state index contributed by atoms with van der Waals surface area (Å²) in [4.78, 5) is 36.1. The minimum Gasteiger partial charge on any atom is -0.480 e. The highest BCUT2D eigenvalue weighted by atomic mass is 32.2. The quantitative estimate of drug-likeness (QED) is 0.363. The number of carboxylic acids is 1. The molecule has 2 aromatic rings. The lowest BCUT2D eigenvalue weighted by Gasteiger charge is -2.31. The molecular formula is C20H22N5O6S+. The van der Waals surface area contributed by atoms with Crippen molar-refractivity contribution in [3.63, 3.8) is 0 Å². The molecular weight excluding hydrogens is 438 g/mol. The Morgan fingerprint density at radius 1 is 1.25 bits per heavy atom. The van der Waals surface area contributed by atoms with E-state index in [1.165, 1.54) is 48.2 Å². The molecule has 0 saturated carbocycles. The zero-order valence-electron chi connectivity index (χ0n) is 17.4. The molecule has 32 heavy (non-hydrogen) atoms. The number of nitro benzene ring substituents is 1. The van der Waals surface area contributed by atoms with E-state index in [2.05, 4.69) is 10.5 Å². The Morgan fingerprint density at radius 2 is 1.91 bits per heavy atom. The molecule has 0 fully saturated rings. The average Bonchev–Trinajstić information content (AvgIpc) is 3.09. The van der Waals surface area contributed by atoms with Gasteiger partial charge in [-0.3, -0.25) is 14.9 Å². The van der Waals surface area contributed by atoms with Gasteiger partial charge >= 0.3 is 12.1 Å². The van der Waals surface area contributed by atoms with Crippen LogP contribution in [0.1, 0.15) is 12.5 Å². The summed E-state index contributed by atoms with van der Waals surface area (Å²) in [6.07, 6.45) is -0.787. The molecule has 168 valence electrons. The third kappa shape index (κ3) is 5.04. The van der Waals surface area contributed by atoms with E-state index in [0.717, 1.165) is 4.90 Å². The number of quaternary nitrogens is 1. The van der Waals surface area contributed by atoms with Crippen molar-refractivity contribution in [2.24, 2.45) is 5.10 Å². The molecule has 0 bridgehead atoms. The van der Waals surface area contributed by atoms with E-state index in [4.69, 9.17) is 4.74 Å². The summed E-state index contributed by atoms with van der Waals surface area (Å²) in [6, 6.07) is 13.6. The number of benzene rings is 2. The molecule has 1 aliphatic rings. The molecule has 2 unspecified atom stereocenters. The van der Waals surface area contributed by atoms with Gasteiger partial charge in [0.25, 0.3) is 5.69 Å². The largest absolute Gasteiger partial charge is 0.565 e. The topological polar surface area (TPSA) is 134 Å². The number of hydrogen-bond acceptors (Lipinski definition) is 9. The van der Waals surface area contributed by atoms with Gasteiger partial charge in [0.15, 0.2) is 6.04 Å². The number of carbonyl (C=O) groups is 2. The summed E-state index contributed by atoms with van der Waals surface area (Å²) < 4.78 is 4.35. The van der Waals surface area contributed by atoms with Crippen LogP contribution < -0.4 is 5.43 Å². The van der Waals surface area contributed by atoms with Crippen molar-refractivity contribution in [2.45, 2.75) is 24.3 Å². The van der Waals surface area contributed by atoms with Gasteiger partial charge in [-0.15, -0.1) is 0 Å². The molecule has 0 radical (unpaired) electrons. The number of nitrogens with one attached hydrogen (secondary N) is 1. The van der Waals surface area contributed by atoms with E-state index < -0.39 is 27.7 Å². The minimum atomic E-state index is -1.23. The second-order valence-corrected chi connectivity index (χ2v) is 7.93. The first kappa shape index (κ1) is 23.2. The Hall–Kier alpha value is -3.48. The minimum absolute atomic E-state index is 0.0353. The molecule has 0 spiro atoms. The van der Waals surface area contributed by atoms with Gasteiger partial charge in [0.1, 0.15) is 7.05 Å². The van der Waals surface area contributed by atoms with E-state index in [1.807, 2.05) is 30.3 Å². The van der Waals surface area contributed by atoms with E-state index in [-0.39, 0.29) is 18.7 Å². The monoisotopic (exact) mass is 460 g/mol. The standard InChI is InChI=1S/C20H21N5O6S/c1-3-31-20(28)25(2)22-19(32-16-7-5-4-6-8-16)21-23(25)17(18(26)27)13-14-9-11-15(12-10-14)24(29)30/h4-12,17H,3,13H2,1-2H3,(H-,21,22,26,27)/p+1. The summed E-state index contributed by atoms with van der Waals surface area (Å²) >= 11 is 1.24. The van der Waals surface area contributed by atoms with E-state index in [1.54, 1.807) is 6.92 Å². The number of non-ortho nitro benzene ring substituents is 1. The molecule has 0 saturated heterocycles. The summed E-state index contributed by atoms with van der Waals surface area (Å²) in [5.74, 6) is -1.20. The Balaban J connectivity index is 1.90. The lowest BCUT2D eigenvalue weighted by molar-refractivity contribution is -0.963. The van der Waals surface area contributed by atoms with Crippen LogP contribution in [0.25, 0.3) is 0 Å². The molecule has 2 atom stereocenters. The zero-order valence-corrected chi connectivity index (χ0v) is 18.2. The fraction of sp³-hybridized carbons (Fsp3) is 0.250. The molecule has 0 aliphatic carbocycles. The number of thioether (sulfide) groups is 1. The number of aliphatic carboxylic acids is 1. The number of nitro groups is 1. The third-order valence-electron chi connectivity index (χ3n) is 4.64. The van der Waals surface area contributed by atoms with Crippen LogP contribution in [0.3, 0.4) is 0 Å². The number of amidine groups is 1. The third-order valence-corrected chi connectivity index (χ3v) is 5.52.